The number of hydrogen-bond donors (Lipinski definition) is 2. The van der Waals surface area contributed by atoms with Crippen LogP contribution in [0.15, 0.2) is 53.0 Å². The summed E-state index contributed by atoms with van der Waals surface area (Å²) < 4.78 is 5.58. The molecule has 1 unspecified atom stereocenters. The van der Waals surface area contributed by atoms with E-state index < -0.39 is 17.9 Å². The quantitative estimate of drug-likeness (QED) is 0.784. The number of halogens is 1. The minimum atomic E-state index is -0.553. The van der Waals surface area contributed by atoms with Crippen molar-refractivity contribution in [1.29, 1.82) is 0 Å². The summed E-state index contributed by atoms with van der Waals surface area (Å²) in [5.74, 6) is -1.01. The second-order valence-electron chi connectivity index (χ2n) is 4.88. The molecule has 23 heavy (non-hydrogen) atoms. The van der Waals surface area contributed by atoms with Gasteiger partial charge in [-0.25, -0.2) is 0 Å². The molecule has 0 heterocycles. The highest BCUT2D eigenvalue weighted by atomic mass is 79.9. The minimum absolute atomic E-state index is 0.00251. The lowest BCUT2D eigenvalue weighted by Crippen LogP contribution is -2.30. The van der Waals surface area contributed by atoms with Gasteiger partial charge < -0.3 is 15.2 Å². The Labute approximate surface area is 142 Å². The van der Waals surface area contributed by atoms with E-state index in [9.17, 15) is 14.7 Å². The summed E-state index contributed by atoms with van der Waals surface area (Å²) in [6.07, 6.45) is -0.00251. The molecule has 0 aliphatic carbocycles. The van der Waals surface area contributed by atoms with E-state index in [2.05, 4.69) is 26.0 Å². The van der Waals surface area contributed by atoms with Crippen LogP contribution >= 0.6 is 15.9 Å². The van der Waals surface area contributed by atoms with Crippen molar-refractivity contribution < 1.29 is 19.4 Å². The Morgan fingerprint density at radius 3 is 2.43 bits per heavy atom. The maximum absolute atomic E-state index is 12.4. The highest BCUT2D eigenvalue weighted by Crippen LogP contribution is 2.22. The molecule has 0 saturated carbocycles. The zero-order valence-electron chi connectivity index (χ0n) is 12.5. The van der Waals surface area contributed by atoms with Gasteiger partial charge in [-0.3, -0.25) is 9.59 Å². The van der Waals surface area contributed by atoms with Crippen LogP contribution in [0.1, 0.15) is 28.4 Å². The van der Waals surface area contributed by atoms with Crippen LogP contribution in [0.3, 0.4) is 0 Å². The van der Waals surface area contributed by atoms with Crippen LogP contribution < -0.4 is 5.32 Å². The molecular formula is C17H16BrNO4. The number of methoxy groups -OCH3 is 1. The number of carbonyl (C=O) groups excluding carboxylic acids is 2. The molecule has 0 spiro atoms. The lowest BCUT2D eigenvalue weighted by atomic mass is 10.0. The number of esters is 1. The van der Waals surface area contributed by atoms with Gasteiger partial charge in [0.2, 0.25) is 0 Å². The van der Waals surface area contributed by atoms with Crippen molar-refractivity contribution >= 4 is 27.8 Å². The lowest BCUT2D eigenvalue weighted by molar-refractivity contribution is -0.141. The number of carbonyl (C=O) groups is 2. The van der Waals surface area contributed by atoms with E-state index in [1.54, 1.807) is 12.1 Å². The van der Waals surface area contributed by atoms with Gasteiger partial charge in [0.25, 0.3) is 5.91 Å². The smallest absolute Gasteiger partial charge is 0.307 e. The van der Waals surface area contributed by atoms with Gasteiger partial charge in [0.15, 0.2) is 0 Å². The standard InChI is InChI=1S/C17H16BrNO4/c1-23-16(21)10-14(11-6-8-12(18)9-7-11)19-17(22)13-4-2-3-5-15(13)20/h2-9,14,20H,10H2,1H3,(H,19,22). The molecule has 0 aliphatic rings. The summed E-state index contributed by atoms with van der Waals surface area (Å²) >= 11 is 3.34. The molecule has 2 aromatic rings. The van der Waals surface area contributed by atoms with Gasteiger partial charge in [-0.2, -0.15) is 0 Å². The normalized spacial score (nSPS) is 11.6. The Morgan fingerprint density at radius 1 is 1.17 bits per heavy atom. The summed E-state index contributed by atoms with van der Waals surface area (Å²) in [5, 5.41) is 12.5. The van der Waals surface area contributed by atoms with Crippen molar-refractivity contribution in [2.45, 2.75) is 12.5 Å². The van der Waals surface area contributed by atoms with Gasteiger partial charge in [0.05, 0.1) is 25.1 Å². The van der Waals surface area contributed by atoms with Crippen LogP contribution in [0, 0.1) is 0 Å². The number of nitrogens with one attached hydrogen (secondary N) is 1. The first-order valence-electron chi connectivity index (χ1n) is 6.92. The second kappa shape index (κ2) is 7.78. The summed E-state index contributed by atoms with van der Waals surface area (Å²) in [6, 6.07) is 13.0. The third kappa shape index (κ3) is 4.56. The zero-order chi connectivity index (χ0) is 16.8. The van der Waals surface area contributed by atoms with Crippen molar-refractivity contribution in [1.82, 2.24) is 5.32 Å². The van der Waals surface area contributed by atoms with Crippen molar-refractivity contribution in [3.63, 3.8) is 0 Å². The van der Waals surface area contributed by atoms with E-state index in [1.807, 2.05) is 24.3 Å². The van der Waals surface area contributed by atoms with Crippen LogP contribution in [0.2, 0.25) is 0 Å². The first kappa shape index (κ1) is 17.0. The number of rotatable bonds is 5. The van der Waals surface area contributed by atoms with E-state index in [0.717, 1.165) is 10.0 Å². The molecule has 0 bridgehead atoms. The van der Waals surface area contributed by atoms with Crippen molar-refractivity contribution in [2.75, 3.05) is 7.11 Å². The maximum atomic E-state index is 12.4. The lowest BCUT2D eigenvalue weighted by Gasteiger charge is -2.18. The average molecular weight is 378 g/mol. The van der Waals surface area contributed by atoms with Crippen LogP contribution in [-0.4, -0.2) is 24.1 Å². The summed E-state index contributed by atoms with van der Waals surface area (Å²) in [5.41, 5.74) is 0.918. The molecule has 0 aliphatic heterocycles. The molecule has 1 amide bonds. The summed E-state index contributed by atoms with van der Waals surface area (Å²) in [6.45, 7) is 0. The molecule has 120 valence electrons. The predicted molar refractivity (Wildman–Crippen MR) is 89.1 cm³/mol. The van der Waals surface area contributed by atoms with Crippen molar-refractivity contribution in [3.8, 4) is 5.75 Å². The molecule has 2 rings (SSSR count). The number of phenols is 1. The third-order valence-corrected chi connectivity index (χ3v) is 3.85. The molecule has 2 aromatic carbocycles. The largest absolute Gasteiger partial charge is 0.507 e. The molecule has 6 heteroatoms. The van der Waals surface area contributed by atoms with Crippen LogP contribution in [0.4, 0.5) is 0 Å². The predicted octanol–water partition coefficient (Wildman–Crippen LogP) is 3.19. The SMILES string of the molecule is COC(=O)CC(NC(=O)c1ccccc1O)c1ccc(Br)cc1. The number of benzene rings is 2. The Hall–Kier alpha value is -2.34. The van der Waals surface area contributed by atoms with Gasteiger partial charge in [-0.15, -0.1) is 0 Å². The van der Waals surface area contributed by atoms with E-state index in [4.69, 9.17) is 0 Å². The second-order valence-corrected chi connectivity index (χ2v) is 5.79. The maximum Gasteiger partial charge on any atom is 0.307 e. The van der Waals surface area contributed by atoms with E-state index >= 15 is 0 Å². The molecule has 0 saturated heterocycles. The molecule has 0 fully saturated rings. The van der Waals surface area contributed by atoms with Crippen LogP contribution in [0.25, 0.3) is 0 Å². The van der Waals surface area contributed by atoms with Crippen LogP contribution in [-0.2, 0) is 9.53 Å². The Kier molecular flexibility index (Phi) is 5.76. The first-order valence-corrected chi connectivity index (χ1v) is 7.71. The van der Waals surface area contributed by atoms with E-state index in [0.29, 0.717) is 0 Å². The minimum Gasteiger partial charge on any atom is -0.507 e. The Balaban J connectivity index is 2.23. The number of para-hydroxylation sites is 1. The molecule has 0 radical (unpaired) electrons. The monoisotopic (exact) mass is 377 g/mol. The number of ether oxygens (including phenoxy) is 1. The molecule has 5 nitrogen and oxygen atoms in total. The van der Waals surface area contributed by atoms with Gasteiger partial charge >= 0.3 is 5.97 Å². The van der Waals surface area contributed by atoms with Gasteiger partial charge in [0, 0.05) is 4.47 Å². The molecule has 0 aromatic heterocycles. The fraction of sp³-hybridized carbons (Fsp3) is 0.176. The van der Waals surface area contributed by atoms with Crippen molar-refractivity contribution in [2.24, 2.45) is 0 Å². The Bertz CT molecular complexity index is 700. The number of amides is 1. The summed E-state index contributed by atoms with van der Waals surface area (Å²) in [7, 11) is 1.30. The van der Waals surface area contributed by atoms with Crippen molar-refractivity contribution in [3.05, 3.63) is 64.1 Å². The fourth-order valence-corrected chi connectivity index (χ4v) is 2.36. The first-order chi connectivity index (χ1) is 11.0. The van der Waals surface area contributed by atoms with Gasteiger partial charge in [-0.1, -0.05) is 40.2 Å². The molecule has 1 atom stereocenters. The zero-order valence-corrected chi connectivity index (χ0v) is 14.0. The molecular weight excluding hydrogens is 362 g/mol. The number of phenolic OH excluding ortho intramolecular Hbond substituents is 1. The molecule has 2 N–H and O–H groups in total. The van der Waals surface area contributed by atoms with Gasteiger partial charge in [0.1, 0.15) is 5.75 Å². The van der Waals surface area contributed by atoms with E-state index in [-0.39, 0.29) is 17.7 Å². The number of hydrogen-bond acceptors (Lipinski definition) is 4. The Morgan fingerprint density at radius 2 is 1.83 bits per heavy atom. The topological polar surface area (TPSA) is 75.6 Å². The van der Waals surface area contributed by atoms with Gasteiger partial charge in [-0.05, 0) is 29.8 Å². The van der Waals surface area contributed by atoms with E-state index in [1.165, 1.54) is 19.2 Å². The summed E-state index contributed by atoms with van der Waals surface area (Å²) in [4.78, 5) is 24.0. The number of aromatic hydroxyl groups is 1. The highest BCUT2D eigenvalue weighted by Gasteiger charge is 2.21. The average Bonchev–Trinajstić information content (AvgIpc) is 2.55. The third-order valence-electron chi connectivity index (χ3n) is 3.32. The van der Waals surface area contributed by atoms with Crippen LogP contribution in [0.5, 0.6) is 5.75 Å². The highest BCUT2D eigenvalue weighted by molar-refractivity contribution is 9.10. The fourth-order valence-electron chi connectivity index (χ4n) is 2.10.